The third kappa shape index (κ3) is 2.44. The van der Waals surface area contributed by atoms with E-state index in [1.165, 1.54) is 0 Å². The number of hydrogen-bond donors (Lipinski definition) is 2. The molecule has 2 N–H and O–H groups in total. The first-order valence-corrected chi connectivity index (χ1v) is 5.11. The highest BCUT2D eigenvalue weighted by molar-refractivity contribution is 5.58. The molecule has 2 rings (SSSR count). The zero-order chi connectivity index (χ0) is 10.5. The summed E-state index contributed by atoms with van der Waals surface area (Å²) in [5.41, 5.74) is 3.15. The smallest absolute Gasteiger partial charge is 0.0923 e. The molecule has 1 aromatic carbocycles. The van der Waals surface area contributed by atoms with E-state index in [-0.39, 0.29) is 6.61 Å². The Balaban J connectivity index is 2.14. The molecule has 15 heavy (non-hydrogen) atoms. The van der Waals surface area contributed by atoms with Crippen molar-refractivity contribution >= 4 is 0 Å². The molecule has 0 radical (unpaired) electrons. The van der Waals surface area contributed by atoms with Crippen molar-refractivity contribution in [3.63, 3.8) is 0 Å². The van der Waals surface area contributed by atoms with Crippen molar-refractivity contribution < 1.29 is 5.11 Å². The van der Waals surface area contributed by atoms with Crippen molar-refractivity contribution in [2.45, 2.75) is 12.8 Å². The Morgan fingerprint density at radius 3 is 2.73 bits per heavy atom. The van der Waals surface area contributed by atoms with E-state index in [1.54, 1.807) is 0 Å². The quantitative estimate of drug-likeness (QED) is 0.796. The van der Waals surface area contributed by atoms with Crippen LogP contribution in [0.4, 0.5) is 0 Å². The number of nitrogens with one attached hydrogen (secondary N) is 1. The molecular weight excluding hydrogens is 188 g/mol. The monoisotopic (exact) mass is 202 g/mol. The Kier molecular flexibility index (Phi) is 3.15. The molecule has 0 saturated carbocycles. The lowest BCUT2D eigenvalue weighted by atomic mass is 10.1. The predicted molar refractivity (Wildman–Crippen MR) is 59.4 cm³/mol. The fourth-order valence-electron chi connectivity index (χ4n) is 1.52. The van der Waals surface area contributed by atoms with Gasteiger partial charge in [-0.05, 0) is 18.9 Å². The van der Waals surface area contributed by atoms with Gasteiger partial charge in [-0.25, -0.2) is 0 Å². The Hall–Kier alpha value is -1.61. The van der Waals surface area contributed by atoms with E-state index in [4.69, 9.17) is 5.11 Å². The first kappa shape index (κ1) is 9.93. The van der Waals surface area contributed by atoms with Gasteiger partial charge in [0.05, 0.1) is 5.69 Å². The van der Waals surface area contributed by atoms with Gasteiger partial charge < -0.3 is 5.11 Å². The van der Waals surface area contributed by atoms with Crippen LogP contribution < -0.4 is 0 Å². The number of aromatic nitrogens is 2. The van der Waals surface area contributed by atoms with Gasteiger partial charge in [-0.15, -0.1) is 0 Å². The van der Waals surface area contributed by atoms with Gasteiger partial charge in [0.2, 0.25) is 0 Å². The standard InChI is InChI=1S/C12H14N2O/c15-8-4-7-11-9-12(14-13-11)10-5-2-1-3-6-10/h1-3,5-6,9,15H,4,7-8H2,(H,13,14). The van der Waals surface area contributed by atoms with E-state index in [0.29, 0.717) is 0 Å². The molecule has 2 aromatic rings. The maximum atomic E-state index is 8.72. The normalized spacial score (nSPS) is 10.5. The van der Waals surface area contributed by atoms with E-state index < -0.39 is 0 Å². The average molecular weight is 202 g/mol. The van der Waals surface area contributed by atoms with Gasteiger partial charge in [0.25, 0.3) is 0 Å². The van der Waals surface area contributed by atoms with Gasteiger partial charge in [-0.1, -0.05) is 30.3 Å². The minimum atomic E-state index is 0.222. The van der Waals surface area contributed by atoms with E-state index in [0.717, 1.165) is 29.8 Å². The maximum Gasteiger partial charge on any atom is 0.0923 e. The molecule has 0 amide bonds. The van der Waals surface area contributed by atoms with Crippen LogP contribution in [0.25, 0.3) is 11.3 Å². The summed E-state index contributed by atoms with van der Waals surface area (Å²) in [5.74, 6) is 0. The van der Waals surface area contributed by atoms with Crippen LogP contribution in [0.5, 0.6) is 0 Å². The van der Waals surface area contributed by atoms with Gasteiger partial charge in [0.1, 0.15) is 0 Å². The molecule has 3 heteroatoms. The third-order valence-electron chi connectivity index (χ3n) is 2.30. The number of rotatable bonds is 4. The summed E-state index contributed by atoms with van der Waals surface area (Å²) >= 11 is 0. The average Bonchev–Trinajstić information content (AvgIpc) is 2.76. The number of aromatic amines is 1. The first-order chi connectivity index (χ1) is 7.40. The minimum absolute atomic E-state index is 0.222. The van der Waals surface area contributed by atoms with Crippen LogP contribution in [-0.4, -0.2) is 21.9 Å². The molecule has 0 fully saturated rings. The van der Waals surface area contributed by atoms with Crippen LogP contribution in [0.15, 0.2) is 36.4 Å². The summed E-state index contributed by atoms with van der Waals surface area (Å²) in [6.07, 6.45) is 1.62. The second-order valence-electron chi connectivity index (χ2n) is 3.47. The molecule has 78 valence electrons. The van der Waals surface area contributed by atoms with Gasteiger partial charge in [-0.2, -0.15) is 5.10 Å². The lowest BCUT2D eigenvalue weighted by molar-refractivity contribution is 0.288. The zero-order valence-corrected chi connectivity index (χ0v) is 8.48. The number of H-pyrrole nitrogens is 1. The van der Waals surface area contributed by atoms with Crippen LogP contribution in [0.2, 0.25) is 0 Å². The second kappa shape index (κ2) is 4.75. The number of aliphatic hydroxyl groups is 1. The van der Waals surface area contributed by atoms with Gasteiger partial charge >= 0.3 is 0 Å². The second-order valence-corrected chi connectivity index (χ2v) is 3.47. The third-order valence-corrected chi connectivity index (χ3v) is 2.30. The molecule has 0 aliphatic carbocycles. The van der Waals surface area contributed by atoms with E-state index >= 15 is 0 Å². The topological polar surface area (TPSA) is 48.9 Å². The lowest BCUT2D eigenvalue weighted by Gasteiger charge is -1.93. The van der Waals surface area contributed by atoms with E-state index in [1.807, 2.05) is 36.4 Å². The molecule has 0 saturated heterocycles. The van der Waals surface area contributed by atoms with Gasteiger partial charge in [0.15, 0.2) is 0 Å². The summed E-state index contributed by atoms with van der Waals surface area (Å²) in [7, 11) is 0. The van der Waals surface area contributed by atoms with Crippen molar-refractivity contribution in [2.24, 2.45) is 0 Å². The first-order valence-electron chi connectivity index (χ1n) is 5.11. The van der Waals surface area contributed by atoms with E-state index in [9.17, 15) is 0 Å². The molecule has 0 aliphatic rings. The van der Waals surface area contributed by atoms with Crippen LogP contribution in [0.1, 0.15) is 12.1 Å². The molecule has 0 unspecified atom stereocenters. The highest BCUT2D eigenvalue weighted by Crippen LogP contribution is 2.17. The van der Waals surface area contributed by atoms with Crippen molar-refractivity contribution in [1.82, 2.24) is 10.2 Å². The molecule has 0 spiro atoms. The van der Waals surface area contributed by atoms with Crippen LogP contribution in [0, 0.1) is 0 Å². The Labute approximate surface area is 88.8 Å². The summed E-state index contributed by atoms with van der Waals surface area (Å²) in [6.45, 7) is 0.222. The molecule has 3 nitrogen and oxygen atoms in total. The minimum Gasteiger partial charge on any atom is -0.396 e. The fraction of sp³-hybridized carbons (Fsp3) is 0.250. The Bertz CT molecular complexity index is 409. The maximum absolute atomic E-state index is 8.72. The van der Waals surface area contributed by atoms with Crippen LogP contribution in [0.3, 0.4) is 0 Å². The van der Waals surface area contributed by atoms with Crippen molar-refractivity contribution in [2.75, 3.05) is 6.61 Å². The van der Waals surface area contributed by atoms with Crippen molar-refractivity contribution in [1.29, 1.82) is 0 Å². The number of aliphatic hydroxyl groups excluding tert-OH is 1. The Morgan fingerprint density at radius 1 is 1.20 bits per heavy atom. The molecular formula is C12H14N2O. The van der Waals surface area contributed by atoms with Crippen molar-refractivity contribution in [3.05, 3.63) is 42.1 Å². The number of hydrogen-bond acceptors (Lipinski definition) is 2. The SMILES string of the molecule is OCCCc1cc(-c2ccccc2)n[nH]1. The Morgan fingerprint density at radius 2 is 2.00 bits per heavy atom. The van der Waals surface area contributed by atoms with E-state index in [2.05, 4.69) is 10.2 Å². The summed E-state index contributed by atoms with van der Waals surface area (Å²) in [6, 6.07) is 12.1. The molecule has 1 heterocycles. The summed E-state index contributed by atoms with van der Waals surface area (Å²) in [5, 5.41) is 15.9. The zero-order valence-electron chi connectivity index (χ0n) is 8.48. The van der Waals surface area contributed by atoms with Crippen LogP contribution >= 0.6 is 0 Å². The van der Waals surface area contributed by atoms with Gasteiger partial charge in [0, 0.05) is 17.9 Å². The highest BCUT2D eigenvalue weighted by atomic mass is 16.2. The fourth-order valence-corrected chi connectivity index (χ4v) is 1.52. The number of nitrogens with zero attached hydrogens (tertiary/aromatic N) is 1. The summed E-state index contributed by atoms with van der Waals surface area (Å²) in [4.78, 5) is 0. The molecule has 0 bridgehead atoms. The summed E-state index contributed by atoms with van der Waals surface area (Å²) < 4.78 is 0. The number of benzene rings is 1. The van der Waals surface area contributed by atoms with Crippen LogP contribution in [-0.2, 0) is 6.42 Å². The highest BCUT2D eigenvalue weighted by Gasteiger charge is 2.02. The van der Waals surface area contributed by atoms with Gasteiger partial charge in [-0.3, -0.25) is 5.10 Å². The number of aryl methyl sites for hydroxylation is 1. The lowest BCUT2D eigenvalue weighted by Crippen LogP contribution is -1.88. The molecule has 1 aromatic heterocycles. The molecule has 0 atom stereocenters. The predicted octanol–water partition coefficient (Wildman–Crippen LogP) is 2.00. The largest absolute Gasteiger partial charge is 0.396 e. The molecule has 0 aliphatic heterocycles. The van der Waals surface area contributed by atoms with Crippen molar-refractivity contribution in [3.8, 4) is 11.3 Å².